The second-order valence-corrected chi connectivity index (χ2v) is 5.68. The van der Waals surface area contributed by atoms with Crippen LogP contribution in [-0.4, -0.2) is 54.3 Å². The molecule has 0 unspecified atom stereocenters. The quantitative estimate of drug-likeness (QED) is 0.495. The first-order chi connectivity index (χ1) is 10.1. The van der Waals surface area contributed by atoms with Crippen LogP contribution in [0.25, 0.3) is 0 Å². The van der Waals surface area contributed by atoms with Crippen LogP contribution < -0.4 is 4.90 Å². The average molecular weight is 311 g/mol. The highest BCUT2D eigenvalue weighted by Crippen LogP contribution is 2.31. The lowest BCUT2D eigenvalue weighted by Gasteiger charge is -2.33. The van der Waals surface area contributed by atoms with Crippen LogP contribution >= 0.6 is 12.6 Å². The standard InChI is InChI=1S/C13H17N3O2S.CH4O/c17-16(18)12-2-1-11(9-13(12)19)15-8-7-14-5-3-10(15)4-6-14;1-2/h1-2,9-10,19H,3-8H2;2H,1H3. The Hall–Kier alpha value is -1.31. The summed E-state index contributed by atoms with van der Waals surface area (Å²) in [5.74, 6) is 0. The number of nitro benzene ring substituents is 1. The third-order valence-corrected chi connectivity index (χ3v) is 4.50. The zero-order valence-electron chi connectivity index (χ0n) is 12.1. The molecule has 0 radical (unpaired) electrons. The number of nitro groups is 1. The number of hydrogen-bond acceptors (Lipinski definition) is 6. The van der Waals surface area contributed by atoms with Gasteiger partial charge >= 0.3 is 0 Å². The molecule has 21 heavy (non-hydrogen) atoms. The van der Waals surface area contributed by atoms with E-state index in [2.05, 4.69) is 22.4 Å². The van der Waals surface area contributed by atoms with Gasteiger partial charge in [0.05, 0.1) is 9.82 Å². The number of nitrogens with zero attached hydrogens (tertiary/aromatic N) is 3. The zero-order valence-corrected chi connectivity index (χ0v) is 13.0. The summed E-state index contributed by atoms with van der Waals surface area (Å²) in [4.78, 5) is 15.8. The number of benzene rings is 1. The van der Waals surface area contributed by atoms with Gasteiger partial charge in [0, 0.05) is 51.1 Å². The number of aliphatic hydroxyl groups excluding tert-OH is 1. The highest BCUT2D eigenvalue weighted by Gasteiger charge is 2.29. The maximum absolute atomic E-state index is 10.8. The largest absolute Gasteiger partial charge is 0.400 e. The van der Waals surface area contributed by atoms with E-state index < -0.39 is 0 Å². The van der Waals surface area contributed by atoms with Crippen LogP contribution in [0, 0.1) is 10.1 Å². The van der Waals surface area contributed by atoms with Crippen molar-refractivity contribution in [2.24, 2.45) is 0 Å². The van der Waals surface area contributed by atoms with Crippen LogP contribution in [0.5, 0.6) is 0 Å². The number of rotatable bonds is 2. The first-order valence-electron chi connectivity index (χ1n) is 7.06. The minimum Gasteiger partial charge on any atom is -0.400 e. The molecule has 0 saturated carbocycles. The molecule has 0 atom stereocenters. The summed E-state index contributed by atoms with van der Waals surface area (Å²) in [6.07, 6.45) is 2.36. The molecule has 2 bridgehead atoms. The monoisotopic (exact) mass is 311 g/mol. The fourth-order valence-electron chi connectivity index (χ4n) is 3.07. The Morgan fingerprint density at radius 3 is 2.48 bits per heavy atom. The van der Waals surface area contributed by atoms with Crippen molar-refractivity contribution >= 4 is 24.0 Å². The molecule has 1 N–H and O–H groups in total. The fraction of sp³-hybridized carbons (Fsp3) is 0.571. The lowest BCUT2D eigenvalue weighted by molar-refractivity contribution is -0.387. The Morgan fingerprint density at radius 1 is 1.24 bits per heavy atom. The maximum Gasteiger partial charge on any atom is 0.282 e. The highest BCUT2D eigenvalue weighted by molar-refractivity contribution is 7.80. The number of anilines is 1. The number of piperidine rings is 1. The highest BCUT2D eigenvalue weighted by atomic mass is 32.1. The molecule has 3 aliphatic heterocycles. The van der Waals surface area contributed by atoms with Crippen molar-refractivity contribution < 1.29 is 10.0 Å². The summed E-state index contributed by atoms with van der Waals surface area (Å²) in [5.41, 5.74) is 1.14. The smallest absolute Gasteiger partial charge is 0.282 e. The number of fused-ring (bicyclic) bond motifs is 4. The van der Waals surface area contributed by atoms with E-state index in [1.54, 1.807) is 6.07 Å². The van der Waals surface area contributed by atoms with Gasteiger partial charge < -0.3 is 14.9 Å². The molecule has 7 heteroatoms. The Labute approximate surface area is 129 Å². The van der Waals surface area contributed by atoms with E-state index in [4.69, 9.17) is 5.11 Å². The third-order valence-electron chi connectivity index (χ3n) is 4.14. The molecule has 0 aliphatic carbocycles. The Bertz CT molecular complexity index is 504. The topological polar surface area (TPSA) is 69.8 Å². The summed E-state index contributed by atoms with van der Waals surface area (Å²) in [6, 6.07) is 5.81. The van der Waals surface area contributed by atoms with Gasteiger partial charge in [-0.25, -0.2) is 0 Å². The second kappa shape index (κ2) is 7.11. The predicted molar refractivity (Wildman–Crippen MR) is 85.3 cm³/mol. The number of thiol groups is 1. The second-order valence-electron chi connectivity index (χ2n) is 5.20. The van der Waals surface area contributed by atoms with Crippen molar-refractivity contribution in [1.29, 1.82) is 0 Å². The van der Waals surface area contributed by atoms with Gasteiger partial charge in [-0.2, -0.15) is 0 Å². The van der Waals surface area contributed by atoms with E-state index in [0.717, 1.165) is 25.9 Å². The van der Waals surface area contributed by atoms with Crippen molar-refractivity contribution in [2.45, 2.75) is 23.8 Å². The van der Waals surface area contributed by atoms with Gasteiger partial charge in [-0.05, 0) is 25.0 Å². The zero-order chi connectivity index (χ0) is 15.4. The van der Waals surface area contributed by atoms with Gasteiger partial charge in [0.25, 0.3) is 5.69 Å². The van der Waals surface area contributed by atoms with Crippen molar-refractivity contribution in [2.75, 3.05) is 38.2 Å². The first kappa shape index (κ1) is 16.1. The molecular formula is C14H21N3O3S. The van der Waals surface area contributed by atoms with E-state index in [1.165, 1.54) is 25.9 Å². The molecule has 4 rings (SSSR count). The van der Waals surface area contributed by atoms with E-state index in [-0.39, 0.29) is 10.6 Å². The lowest BCUT2D eigenvalue weighted by Crippen LogP contribution is -2.37. The van der Waals surface area contributed by atoms with Crippen molar-refractivity contribution in [1.82, 2.24) is 4.90 Å². The molecule has 3 aliphatic rings. The molecule has 0 spiro atoms. The average Bonchev–Trinajstić information content (AvgIpc) is 2.82. The maximum atomic E-state index is 10.8. The summed E-state index contributed by atoms with van der Waals surface area (Å²) in [7, 11) is 1.00. The van der Waals surface area contributed by atoms with Gasteiger partial charge in [0.15, 0.2) is 0 Å². The minimum absolute atomic E-state index is 0.0787. The van der Waals surface area contributed by atoms with Crippen LogP contribution in [0.2, 0.25) is 0 Å². The van der Waals surface area contributed by atoms with Gasteiger partial charge in [0.1, 0.15) is 0 Å². The molecule has 0 amide bonds. The van der Waals surface area contributed by atoms with Gasteiger partial charge in [-0.1, -0.05) is 0 Å². The van der Waals surface area contributed by atoms with Gasteiger partial charge in [-0.3, -0.25) is 10.1 Å². The molecule has 6 nitrogen and oxygen atoms in total. The van der Waals surface area contributed by atoms with E-state index in [9.17, 15) is 10.1 Å². The van der Waals surface area contributed by atoms with Crippen molar-refractivity contribution in [3.63, 3.8) is 0 Å². The summed E-state index contributed by atoms with van der Waals surface area (Å²) in [6.45, 7) is 4.41. The first-order valence-corrected chi connectivity index (χ1v) is 7.51. The fourth-order valence-corrected chi connectivity index (χ4v) is 3.36. The van der Waals surface area contributed by atoms with E-state index in [1.807, 2.05) is 12.1 Å². The Balaban J connectivity index is 0.000000774. The van der Waals surface area contributed by atoms with Crippen LogP contribution in [0.1, 0.15) is 12.8 Å². The van der Waals surface area contributed by atoms with Crippen molar-refractivity contribution in [3.8, 4) is 0 Å². The van der Waals surface area contributed by atoms with E-state index in [0.29, 0.717) is 10.9 Å². The van der Waals surface area contributed by atoms with Crippen LogP contribution in [0.3, 0.4) is 0 Å². The predicted octanol–water partition coefficient (Wildman–Crippen LogP) is 1.78. The van der Waals surface area contributed by atoms with Gasteiger partial charge in [0.2, 0.25) is 0 Å². The molecule has 1 aromatic rings. The van der Waals surface area contributed by atoms with E-state index >= 15 is 0 Å². The van der Waals surface area contributed by atoms with Crippen molar-refractivity contribution in [3.05, 3.63) is 28.3 Å². The molecule has 3 saturated heterocycles. The molecular weight excluding hydrogens is 290 g/mol. The molecule has 0 aromatic heterocycles. The summed E-state index contributed by atoms with van der Waals surface area (Å²) >= 11 is 4.24. The minimum atomic E-state index is -0.383. The lowest BCUT2D eigenvalue weighted by atomic mass is 10.0. The Kier molecular flexibility index (Phi) is 5.44. The van der Waals surface area contributed by atoms with Gasteiger partial charge in [-0.15, -0.1) is 12.6 Å². The normalized spacial score (nSPS) is 24.0. The number of aliphatic hydroxyl groups is 1. The van der Waals surface area contributed by atoms with Crippen LogP contribution in [0.4, 0.5) is 11.4 Å². The van der Waals surface area contributed by atoms with Crippen LogP contribution in [-0.2, 0) is 0 Å². The molecule has 1 aromatic carbocycles. The molecule has 3 heterocycles. The third kappa shape index (κ3) is 3.48. The summed E-state index contributed by atoms with van der Waals surface area (Å²) < 4.78 is 0. The molecule has 3 fully saturated rings. The SMILES string of the molecule is CO.O=[N+]([O-])c1ccc(N2CCN3CCC2CC3)cc1S. The summed E-state index contributed by atoms with van der Waals surface area (Å²) in [5, 5.41) is 17.8. The molecule has 116 valence electrons. The number of hydrogen-bond donors (Lipinski definition) is 2. The van der Waals surface area contributed by atoms with Crippen LogP contribution in [0.15, 0.2) is 23.1 Å². The Morgan fingerprint density at radius 2 is 1.90 bits per heavy atom.